The summed E-state index contributed by atoms with van der Waals surface area (Å²) in [4.78, 5) is 9.55. The van der Waals surface area contributed by atoms with Crippen LogP contribution in [0.2, 0.25) is 0 Å². The van der Waals surface area contributed by atoms with Crippen LogP contribution in [0, 0.1) is 0 Å². The predicted octanol–water partition coefficient (Wildman–Crippen LogP) is 2.76. The summed E-state index contributed by atoms with van der Waals surface area (Å²) in [5, 5.41) is 7.18. The van der Waals surface area contributed by atoms with Crippen molar-refractivity contribution in [3.05, 3.63) is 42.0 Å². The molecule has 0 radical (unpaired) electrons. The highest BCUT2D eigenvalue weighted by molar-refractivity contribution is 5.79. The minimum Gasteiger partial charge on any atom is -0.379 e. The lowest BCUT2D eigenvalue weighted by atomic mass is 9.80. The van der Waals surface area contributed by atoms with Gasteiger partial charge in [0.25, 0.3) is 0 Å². The van der Waals surface area contributed by atoms with E-state index in [0.717, 1.165) is 58.4 Å². The van der Waals surface area contributed by atoms with Gasteiger partial charge >= 0.3 is 0 Å². The Labute approximate surface area is 181 Å². The molecular weight excluding hydrogens is 374 g/mol. The van der Waals surface area contributed by atoms with E-state index in [2.05, 4.69) is 61.8 Å². The molecule has 1 saturated carbocycles. The molecule has 0 spiro atoms. The minimum atomic E-state index is 0.238. The van der Waals surface area contributed by atoms with Gasteiger partial charge in [-0.1, -0.05) is 43.5 Å². The van der Waals surface area contributed by atoms with Crippen LogP contribution in [0.25, 0.3) is 0 Å². The number of guanidine groups is 1. The second-order valence-electron chi connectivity index (χ2n) is 8.71. The lowest BCUT2D eigenvalue weighted by molar-refractivity contribution is -0.0352. The number of morpholine rings is 1. The molecule has 0 bridgehead atoms. The number of benzene rings is 1. The number of anilines is 1. The second-order valence-corrected chi connectivity index (χ2v) is 8.71. The Morgan fingerprint density at radius 2 is 1.83 bits per heavy atom. The zero-order valence-corrected chi connectivity index (χ0v) is 18.4. The average molecular weight is 412 g/mol. The molecule has 164 valence electrons. The first-order valence-corrected chi connectivity index (χ1v) is 11.6. The molecule has 0 aromatic heterocycles. The van der Waals surface area contributed by atoms with E-state index in [1.54, 1.807) is 0 Å². The first kappa shape index (κ1) is 21.2. The highest BCUT2D eigenvalue weighted by Crippen LogP contribution is 2.33. The van der Waals surface area contributed by atoms with Gasteiger partial charge in [-0.25, -0.2) is 0 Å². The summed E-state index contributed by atoms with van der Waals surface area (Å²) in [6, 6.07) is 8.81. The zero-order chi connectivity index (χ0) is 20.7. The zero-order valence-electron chi connectivity index (χ0n) is 18.4. The number of rotatable bonds is 6. The topological polar surface area (TPSA) is 52.1 Å². The lowest BCUT2D eigenvalue weighted by Crippen LogP contribution is -2.60. The van der Waals surface area contributed by atoms with Crippen LogP contribution in [0.1, 0.15) is 37.7 Å². The SMILES string of the molecule is CN=C(NCc1cccc(N2CC=CC2)c1)NCC1(N2CCOCC2)CCCCC1. The van der Waals surface area contributed by atoms with Crippen molar-refractivity contribution >= 4 is 11.6 Å². The number of nitrogens with one attached hydrogen (secondary N) is 2. The normalized spacial score (nSPS) is 22.3. The highest BCUT2D eigenvalue weighted by Gasteiger charge is 2.38. The van der Waals surface area contributed by atoms with E-state index in [1.165, 1.54) is 43.4 Å². The first-order chi connectivity index (χ1) is 14.8. The first-order valence-electron chi connectivity index (χ1n) is 11.6. The molecule has 2 N–H and O–H groups in total. The molecule has 6 heteroatoms. The van der Waals surface area contributed by atoms with Gasteiger partial charge in [0, 0.05) is 57.5 Å². The van der Waals surface area contributed by atoms with Gasteiger partial charge in [0.15, 0.2) is 5.96 Å². The van der Waals surface area contributed by atoms with Gasteiger partial charge in [0.1, 0.15) is 0 Å². The Hall–Kier alpha value is -2.05. The summed E-state index contributed by atoms with van der Waals surface area (Å²) < 4.78 is 5.61. The molecule has 3 aliphatic rings. The third kappa shape index (κ3) is 5.16. The second kappa shape index (κ2) is 10.3. The van der Waals surface area contributed by atoms with Crippen molar-refractivity contribution in [3.8, 4) is 0 Å². The fraction of sp³-hybridized carbons (Fsp3) is 0.625. The van der Waals surface area contributed by atoms with E-state index in [1.807, 2.05) is 7.05 Å². The van der Waals surface area contributed by atoms with E-state index in [9.17, 15) is 0 Å². The van der Waals surface area contributed by atoms with Gasteiger partial charge in [-0.05, 0) is 30.5 Å². The number of aliphatic imine (C=N–C) groups is 1. The Morgan fingerprint density at radius 3 is 2.57 bits per heavy atom. The molecule has 1 saturated heterocycles. The fourth-order valence-corrected chi connectivity index (χ4v) is 5.06. The van der Waals surface area contributed by atoms with Crippen LogP contribution in [-0.4, -0.2) is 69.4 Å². The van der Waals surface area contributed by atoms with E-state index >= 15 is 0 Å². The van der Waals surface area contributed by atoms with Crippen molar-refractivity contribution in [2.45, 2.75) is 44.2 Å². The Balaban J connectivity index is 1.33. The van der Waals surface area contributed by atoms with Crippen LogP contribution in [-0.2, 0) is 11.3 Å². The predicted molar refractivity (Wildman–Crippen MR) is 124 cm³/mol. The summed E-state index contributed by atoms with van der Waals surface area (Å²) in [5.74, 6) is 0.890. The third-order valence-electron chi connectivity index (χ3n) is 6.83. The maximum atomic E-state index is 5.61. The maximum Gasteiger partial charge on any atom is 0.191 e. The standard InChI is InChI=1S/C24H37N5O/c1-25-23(26-19-21-8-7-9-22(18-21)28-12-5-6-13-28)27-20-24(10-3-2-4-11-24)29-14-16-30-17-15-29/h5-9,18H,2-4,10-17,19-20H2,1H3,(H2,25,26,27). The number of hydrogen-bond acceptors (Lipinski definition) is 4. The smallest absolute Gasteiger partial charge is 0.191 e. The molecule has 2 heterocycles. The lowest BCUT2D eigenvalue weighted by Gasteiger charge is -2.48. The van der Waals surface area contributed by atoms with E-state index in [0.29, 0.717) is 0 Å². The van der Waals surface area contributed by atoms with Gasteiger partial charge in [-0.3, -0.25) is 9.89 Å². The maximum absolute atomic E-state index is 5.61. The minimum absolute atomic E-state index is 0.238. The summed E-state index contributed by atoms with van der Waals surface area (Å²) in [5.41, 5.74) is 2.81. The molecule has 2 aliphatic heterocycles. The molecule has 1 aromatic rings. The van der Waals surface area contributed by atoms with Gasteiger partial charge in [0.2, 0.25) is 0 Å². The van der Waals surface area contributed by atoms with E-state index in [-0.39, 0.29) is 5.54 Å². The number of ether oxygens (including phenoxy) is 1. The summed E-state index contributed by atoms with van der Waals surface area (Å²) in [7, 11) is 1.87. The molecule has 0 amide bonds. The molecule has 0 atom stereocenters. The fourth-order valence-electron chi connectivity index (χ4n) is 5.06. The molecule has 2 fully saturated rings. The largest absolute Gasteiger partial charge is 0.379 e. The third-order valence-corrected chi connectivity index (χ3v) is 6.83. The summed E-state index contributed by atoms with van der Waals surface area (Å²) >= 11 is 0. The van der Waals surface area contributed by atoms with Crippen LogP contribution >= 0.6 is 0 Å². The van der Waals surface area contributed by atoms with Crippen LogP contribution in [0.5, 0.6) is 0 Å². The van der Waals surface area contributed by atoms with Crippen LogP contribution < -0.4 is 15.5 Å². The Bertz CT molecular complexity index is 727. The molecule has 6 nitrogen and oxygen atoms in total. The van der Waals surface area contributed by atoms with Crippen LogP contribution in [0.15, 0.2) is 41.4 Å². The highest BCUT2D eigenvalue weighted by atomic mass is 16.5. The van der Waals surface area contributed by atoms with Gasteiger partial charge in [-0.2, -0.15) is 0 Å². The molecule has 30 heavy (non-hydrogen) atoms. The van der Waals surface area contributed by atoms with Crippen molar-refractivity contribution in [3.63, 3.8) is 0 Å². The number of nitrogens with zero attached hydrogens (tertiary/aromatic N) is 3. The molecule has 4 rings (SSSR count). The van der Waals surface area contributed by atoms with Crippen molar-refractivity contribution in [1.29, 1.82) is 0 Å². The Kier molecular flexibility index (Phi) is 7.28. The average Bonchev–Trinajstić information content (AvgIpc) is 3.36. The quantitative estimate of drug-likeness (QED) is 0.428. The van der Waals surface area contributed by atoms with Crippen molar-refractivity contribution < 1.29 is 4.74 Å². The van der Waals surface area contributed by atoms with Gasteiger partial charge < -0.3 is 20.3 Å². The van der Waals surface area contributed by atoms with Crippen molar-refractivity contribution in [2.75, 3.05) is 57.9 Å². The summed E-state index contributed by atoms with van der Waals surface area (Å²) in [6.45, 7) is 7.55. The van der Waals surface area contributed by atoms with E-state index in [4.69, 9.17) is 4.74 Å². The van der Waals surface area contributed by atoms with E-state index < -0.39 is 0 Å². The van der Waals surface area contributed by atoms with Crippen molar-refractivity contribution in [1.82, 2.24) is 15.5 Å². The van der Waals surface area contributed by atoms with Crippen LogP contribution in [0.4, 0.5) is 5.69 Å². The van der Waals surface area contributed by atoms with Crippen LogP contribution in [0.3, 0.4) is 0 Å². The Morgan fingerprint density at radius 1 is 1.07 bits per heavy atom. The molecule has 0 unspecified atom stereocenters. The van der Waals surface area contributed by atoms with Gasteiger partial charge in [-0.15, -0.1) is 0 Å². The summed E-state index contributed by atoms with van der Waals surface area (Å²) in [6.07, 6.45) is 11.0. The molecule has 1 aromatic carbocycles. The van der Waals surface area contributed by atoms with Crippen molar-refractivity contribution in [2.24, 2.45) is 4.99 Å². The molecular formula is C24H37N5O. The van der Waals surface area contributed by atoms with Gasteiger partial charge in [0.05, 0.1) is 13.2 Å². The molecule has 1 aliphatic carbocycles. The monoisotopic (exact) mass is 411 g/mol. The number of hydrogen-bond donors (Lipinski definition) is 2.